The van der Waals surface area contributed by atoms with E-state index in [-0.39, 0.29) is 5.75 Å². The molecule has 1 heterocycles. The third-order valence-corrected chi connectivity index (χ3v) is 4.10. The SMILES string of the molecule is CCCn1c(C)nnc1CS(=O)c1cccc(O)c1. The molecule has 0 fully saturated rings. The lowest BCUT2D eigenvalue weighted by Crippen LogP contribution is -2.08. The van der Waals surface area contributed by atoms with Crippen molar-refractivity contribution in [3.05, 3.63) is 35.9 Å². The Morgan fingerprint density at radius 2 is 2.16 bits per heavy atom. The van der Waals surface area contributed by atoms with Gasteiger partial charge in [0, 0.05) is 11.4 Å². The molecule has 0 aliphatic carbocycles. The Hall–Kier alpha value is -1.69. The van der Waals surface area contributed by atoms with Crippen molar-refractivity contribution in [2.75, 3.05) is 0 Å². The Kier molecular flexibility index (Phi) is 4.31. The molecule has 19 heavy (non-hydrogen) atoms. The summed E-state index contributed by atoms with van der Waals surface area (Å²) in [5.41, 5.74) is 0. The molecule has 5 nitrogen and oxygen atoms in total. The summed E-state index contributed by atoms with van der Waals surface area (Å²) in [6.07, 6.45) is 0.977. The summed E-state index contributed by atoms with van der Waals surface area (Å²) < 4.78 is 14.2. The summed E-state index contributed by atoms with van der Waals surface area (Å²) >= 11 is 0. The van der Waals surface area contributed by atoms with E-state index in [1.54, 1.807) is 18.2 Å². The fourth-order valence-electron chi connectivity index (χ4n) is 1.87. The van der Waals surface area contributed by atoms with Gasteiger partial charge in [0.1, 0.15) is 17.4 Å². The standard InChI is InChI=1S/C13H17N3O2S/c1-3-7-16-10(2)14-15-13(16)9-19(18)12-6-4-5-11(17)8-12/h4-6,8,17H,3,7,9H2,1-2H3. The molecule has 6 heteroatoms. The van der Waals surface area contributed by atoms with Crippen LogP contribution < -0.4 is 0 Å². The Morgan fingerprint density at radius 1 is 1.37 bits per heavy atom. The Morgan fingerprint density at radius 3 is 2.84 bits per heavy atom. The first-order chi connectivity index (χ1) is 9.11. The molecule has 0 amide bonds. The Bertz CT molecular complexity index is 595. The number of hydrogen-bond acceptors (Lipinski definition) is 4. The first-order valence-corrected chi connectivity index (χ1v) is 7.49. The maximum absolute atomic E-state index is 12.3. The summed E-state index contributed by atoms with van der Waals surface area (Å²) in [5.74, 6) is 1.99. The van der Waals surface area contributed by atoms with E-state index in [0.717, 1.165) is 24.6 Å². The summed E-state index contributed by atoms with van der Waals surface area (Å²) in [6, 6.07) is 6.50. The number of benzene rings is 1. The van der Waals surface area contributed by atoms with Crippen molar-refractivity contribution in [3.8, 4) is 5.75 Å². The average Bonchev–Trinajstić information content (AvgIpc) is 2.72. The number of aryl methyl sites for hydroxylation is 1. The van der Waals surface area contributed by atoms with Crippen LogP contribution in [0.3, 0.4) is 0 Å². The van der Waals surface area contributed by atoms with Crippen molar-refractivity contribution < 1.29 is 9.32 Å². The predicted octanol–water partition coefficient (Wildman–Crippen LogP) is 2.01. The van der Waals surface area contributed by atoms with E-state index in [0.29, 0.717) is 10.6 Å². The van der Waals surface area contributed by atoms with Crippen molar-refractivity contribution in [3.63, 3.8) is 0 Å². The van der Waals surface area contributed by atoms with Gasteiger partial charge in [0.15, 0.2) is 0 Å². The lowest BCUT2D eigenvalue weighted by atomic mass is 10.3. The molecule has 1 unspecified atom stereocenters. The maximum Gasteiger partial charge on any atom is 0.146 e. The minimum atomic E-state index is -1.23. The molecular formula is C13H17N3O2S. The monoisotopic (exact) mass is 279 g/mol. The maximum atomic E-state index is 12.3. The summed E-state index contributed by atoms with van der Waals surface area (Å²) in [6.45, 7) is 4.80. The van der Waals surface area contributed by atoms with Gasteiger partial charge in [-0.05, 0) is 31.5 Å². The molecule has 0 spiro atoms. The molecule has 0 aliphatic heterocycles. The lowest BCUT2D eigenvalue weighted by Gasteiger charge is -2.07. The van der Waals surface area contributed by atoms with Gasteiger partial charge in [0.2, 0.25) is 0 Å². The molecule has 0 saturated heterocycles. The highest BCUT2D eigenvalue weighted by atomic mass is 32.2. The average molecular weight is 279 g/mol. The third kappa shape index (κ3) is 3.20. The smallest absolute Gasteiger partial charge is 0.146 e. The van der Waals surface area contributed by atoms with Crippen LogP contribution in [0.5, 0.6) is 5.75 Å². The Labute approximate surface area is 114 Å². The number of hydrogen-bond donors (Lipinski definition) is 1. The topological polar surface area (TPSA) is 68.0 Å². The minimum Gasteiger partial charge on any atom is -0.508 e. The van der Waals surface area contributed by atoms with Crippen LogP contribution in [0.15, 0.2) is 29.2 Å². The third-order valence-electron chi connectivity index (χ3n) is 2.80. The fourth-order valence-corrected chi connectivity index (χ4v) is 2.97. The molecule has 1 atom stereocenters. The number of phenolic OH excluding ortho intramolecular Hbond substituents is 1. The van der Waals surface area contributed by atoms with Crippen molar-refractivity contribution in [2.24, 2.45) is 0 Å². The van der Waals surface area contributed by atoms with Crippen LogP contribution in [0.25, 0.3) is 0 Å². The molecule has 1 aromatic heterocycles. The van der Waals surface area contributed by atoms with Gasteiger partial charge in [0.05, 0.1) is 16.6 Å². The number of rotatable bonds is 5. The van der Waals surface area contributed by atoms with Crippen molar-refractivity contribution in [1.82, 2.24) is 14.8 Å². The van der Waals surface area contributed by atoms with Gasteiger partial charge >= 0.3 is 0 Å². The zero-order valence-electron chi connectivity index (χ0n) is 11.0. The van der Waals surface area contributed by atoms with Crippen LogP contribution in [0.4, 0.5) is 0 Å². The van der Waals surface area contributed by atoms with Gasteiger partial charge in [0.25, 0.3) is 0 Å². The number of nitrogens with zero attached hydrogens (tertiary/aromatic N) is 3. The number of aromatic hydroxyl groups is 1. The molecule has 0 bridgehead atoms. The molecule has 1 N–H and O–H groups in total. The van der Waals surface area contributed by atoms with Crippen LogP contribution in [0, 0.1) is 6.92 Å². The van der Waals surface area contributed by atoms with E-state index in [9.17, 15) is 9.32 Å². The van der Waals surface area contributed by atoms with Gasteiger partial charge < -0.3 is 9.67 Å². The van der Waals surface area contributed by atoms with E-state index in [2.05, 4.69) is 17.1 Å². The zero-order chi connectivity index (χ0) is 13.8. The second kappa shape index (κ2) is 5.97. The van der Waals surface area contributed by atoms with Gasteiger partial charge in [-0.15, -0.1) is 10.2 Å². The largest absolute Gasteiger partial charge is 0.508 e. The second-order valence-electron chi connectivity index (χ2n) is 4.30. The van der Waals surface area contributed by atoms with Crippen LogP contribution >= 0.6 is 0 Å². The molecule has 1 aromatic carbocycles. The van der Waals surface area contributed by atoms with Gasteiger partial charge in [-0.25, -0.2) is 0 Å². The van der Waals surface area contributed by atoms with Crippen molar-refractivity contribution in [2.45, 2.75) is 37.5 Å². The van der Waals surface area contributed by atoms with Gasteiger partial charge in [-0.3, -0.25) is 4.21 Å². The van der Waals surface area contributed by atoms with Crippen LogP contribution in [-0.2, 0) is 23.1 Å². The van der Waals surface area contributed by atoms with Crippen LogP contribution in [-0.4, -0.2) is 24.1 Å². The predicted molar refractivity (Wildman–Crippen MR) is 73.3 cm³/mol. The van der Waals surface area contributed by atoms with E-state index in [1.165, 1.54) is 6.07 Å². The van der Waals surface area contributed by atoms with E-state index in [1.807, 2.05) is 11.5 Å². The minimum absolute atomic E-state index is 0.122. The normalized spacial score (nSPS) is 12.5. The summed E-state index contributed by atoms with van der Waals surface area (Å²) in [5, 5.41) is 17.5. The lowest BCUT2D eigenvalue weighted by molar-refractivity contribution is 0.473. The molecule has 102 valence electrons. The van der Waals surface area contributed by atoms with Crippen molar-refractivity contribution >= 4 is 10.8 Å². The highest BCUT2D eigenvalue weighted by Crippen LogP contribution is 2.17. The molecule has 0 radical (unpaired) electrons. The quantitative estimate of drug-likeness (QED) is 0.909. The van der Waals surface area contributed by atoms with Crippen LogP contribution in [0.1, 0.15) is 25.0 Å². The summed E-state index contributed by atoms with van der Waals surface area (Å²) in [7, 11) is -1.23. The van der Waals surface area contributed by atoms with Crippen molar-refractivity contribution in [1.29, 1.82) is 0 Å². The van der Waals surface area contributed by atoms with Gasteiger partial charge in [-0.1, -0.05) is 13.0 Å². The molecular weight excluding hydrogens is 262 g/mol. The van der Waals surface area contributed by atoms with E-state index < -0.39 is 10.8 Å². The Balaban J connectivity index is 2.19. The zero-order valence-corrected chi connectivity index (χ0v) is 11.9. The number of phenols is 1. The molecule has 2 aromatic rings. The first-order valence-electron chi connectivity index (χ1n) is 6.18. The fraction of sp³-hybridized carbons (Fsp3) is 0.385. The number of aromatic nitrogens is 3. The van der Waals surface area contributed by atoms with E-state index >= 15 is 0 Å². The highest BCUT2D eigenvalue weighted by Gasteiger charge is 2.13. The second-order valence-corrected chi connectivity index (χ2v) is 5.75. The van der Waals surface area contributed by atoms with Gasteiger partial charge in [-0.2, -0.15) is 0 Å². The molecule has 0 aliphatic rings. The first kappa shape index (κ1) is 13.7. The molecule has 2 rings (SSSR count). The highest BCUT2D eigenvalue weighted by molar-refractivity contribution is 7.84. The van der Waals surface area contributed by atoms with E-state index in [4.69, 9.17) is 0 Å². The van der Waals surface area contributed by atoms with Crippen LogP contribution in [0.2, 0.25) is 0 Å². The molecule has 0 saturated carbocycles. The summed E-state index contributed by atoms with van der Waals surface area (Å²) in [4.78, 5) is 0.601.